The first-order chi connectivity index (χ1) is 29.3. The van der Waals surface area contributed by atoms with Crippen LogP contribution in [0.4, 0.5) is 0 Å². The molecule has 8 unspecified atom stereocenters. The van der Waals surface area contributed by atoms with Gasteiger partial charge in [-0.2, -0.15) is 0 Å². The molecule has 0 saturated heterocycles. The van der Waals surface area contributed by atoms with Gasteiger partial charge in [-0.15, -0.1) is 0 Å². The number of ketones is 2. The van der Waals surface area contributed by atoms with Crippen LogP contribution >= 0.6 is 0 Å². The molecular formula is C54H88O8. The second-order valence-corrected chi connectivity index (χ2v) is 24.1. The first-order valence-electron chi connectivity index (χ1n) is 26.1. The number of carboxylic acid groups (broad SMARTS) is 1. The molecule has 8 aliphatic rings. The van der Waals surface area contributed by atoms with Gasteiger partial charge in [-0.25, -0.2) is 0 Å². The molecule has 352 valence electrons. The van der Waals surface area contributed by atoms with E-state index in [2.05, 4.69) is 55.4 Å². The van der Waals surface area contributed by atoms with Crippen LogP contribution in [0.1, 0.15) is 191 Å². The smallest absolute Gasteiger partial charge is 0.305 e. The van der Waals surface area contributed by atoms with Crippen molar-refractivity contribution in [1.82, 2.24) is 0 Å². The molecule has 3 N–H and O–H groups in total. The highest BCUT2D eigenvalue weighted by molar-refractivity contribution is 5.80. The van der Waals surface area contributed by atoms with Gasteiger partial charge in [-0.05, 0) is 188 Å². The van der Waals surface area contributed by atoms with E-state index in [0.717, 1.165) is 57.8 Å². The molecule has 0 aliphatic heterocycles. The maximum absolute atomic E-state index is 12.4. The van der Waals surface area contributed by atoms with Gasteiger partial charge in [-0.1, -0.05) is 68.2 Å². The van der Waals surface area contributed by atoms with Crippen LogP contribution in [0, 0.1) is 105 Å². The van der Waals surface area contributed by atoms with Crippen LogP contribution < -0.4 is 0 Å². The van der Waals surface area contributed by atoms with E-state index in [9.17, 15) is 29.4 Å². The van der Waals surface area contributed by atoms with E-state index >= 15 is 0 Å². The molecule has 62 heavy (non-hydrogen) atoms. The highest BCUT2D eigenvalue weighted by Crippen LogP contribution is 2.71. The van der Waals surface area contributed by atoms with Crippen molar-refractivity contribution in [3.8, 4) is 0 Å². The summed E-state index contributed by atoms with van der Waals surface area (Å²) in [6.45, 7) is 21.2. The Labute approximate surface area is 375 Å². The average molecular weight is 865 g/mol. The molecule has 8 aliphatic carbocycles. The number of fused-ring (bicyclic) bond motifs is 10. The summed E-state index contributed by atoms with van der Waals surface area (Å²) < 4.78 is 5.17. The molecule has 0 spiro atoms. The molecule has 0 amide bonds. The number of Topliss-reactive ketones (excluding diaryl/α,β-unsaturated/α-hetero) is 2. The number of aliphatic hydroxyl groups is 2. The lowest BCUT2D eigenvalue weighted by Gasteiger charge is -2.64. The zero-order chi connectivity index (χ0) is 45.1. The Balaban J connectivity index is 0.000000187. The van der Waals surface area contributed by atoms with Gasteiger partial charge in [0.1, 0.15) is 11.6 Å². The lowest BCUT2D eigenvalue weighted by atomic mass is 9.41. The molecule has 8 rings (SSSR count). The first-order valence-corrected chi connectivity index (χ1v) is 26.1. The van der Waals surface area contributed by atoms with Crippen molar-refractivity contribution in [3.63, 3.8) is 0 Å². The van der Waals surface area contributed by atoms with Crippen molar-refractivity contribution in [2.24, 2.45) is 105 Å². The van der Waals surface area contributed by atoms with Gasteiger partial charge in [0.25, 0.3) is 0 Å². The predicted octanol–water partition coefficient (Wildman–Crippen LogP) is 11.1. The topological polar surface area (TPSA) is 138 Å². The SMILES string of the molecule is CCOC(=O)CC[C@@H](C)C1CCC2C3C(CC[C@@]21C)[C@@]1(C)CCC(=O)C[C@H]1[C@@H](CC)[C@@H]3O.CC[C@H]1[C@H](O)C2C3CCC([C@H](C)CCC(=O)O)[C@@]3(C)CCC2[C@@]2(C)CCC(=O)C[C@@H]12. The minimum atomic E-state index is -0.690. The maximum atomic E-state index is 12.4. The van der Waals surface area contributed by atoms with E-state index in [1.807, 2.05) is 6.92 Å². The van der Waals surface area contributed by atoms with Crippen LogP contribution in [-0.2, 0) is 23.9 Å². The fourth-order valence-electron chi connectivity index (χ4n) is 18.8. The number of esters is 1. The summed E-state index contributed by atoms with van der Waals surface area (Å²) in [6, 6.07) is 0. The fraction of sp³-hybridized carbons (Fsp3) is 0.926. The summed E-state index contributed by atoms with van der Waals surface area (Å²) in [5.41, 5.74) is 0.856. The summed E-state index contributed by atoms with van der Waals surface area (Å²) in [6.07, 6.45) is 18.2. The quantitative estimate of drug-likeness (QED) is 0.175. The summed E-state index contributed by atoms with van der Waals surface area (Å²) >= 11 is 0. The van der Waals surface area contributed by atoms with Gasteiger partial charge in [0.05, 0.1) is 18.8 Å². The monoisotopic (exact) mass is 865 g/mol. The van der Waals surface area contributed by atoms with Crippen molar-refractivity contribution < 1.29 is 39.2 Å². The van der Waals surface area contributed by atoms with Crippen molar-refractivity contribution in [2.75, 3.05) is 6.61 Å². The van der Waals surface area contributed by atoms with Gasteiger partial charge >= 0.3 is 11.9 Å². The lowest BCUT2D eigenvalue weighted by molar-refractivity contribution is -0.194. The van der Waals surface area contributed by atoms with Gasteiger partial charge in [0.15, 0.2) is 0 Å². The molecule has 8 nitrogen and oxygen atoms in total. The van der Waals surface area contributed by atoms with Crippen LogP contribution in [0.25, 0.3) is 0 Å². The average Bonchev–Trinajstić information content (AvgIpc) is 3.78. The number of ether oxygens (including phenoxy) is 1. The predicted molar refractivity (Wildman–Crippen MR) is 243 cm³/mol. The van der Waals surface area contributed by atoms with Crippen molar-refractivity contribution in [3.05, 3.63) is 0 Å². The number of aliphatic carboxylic acids is 1. The Hall–Kier alpha value is -1.80. The molecule has 0 aromatic rings. The van der Waals surface area contributed by atoms with Crippen LogP contribution in [0.2, 0.25) is 0 Å². The van der Waals surface area contributed by atoms with Gasteiger partial charge in [-0.3, -0.25) is 19.2 Å². The highest BCUT2D eigenvalue weighted by Gasteiger charge is 2.66. The summed E-state index contributed by atoms with van der Waals surface area (Å²) in [4.78, 5) is 47.8. The molecule has 0 heterocycles. The van der Waals surface area contributed by atoms with Gasteiger partial charge in [0, 0.05) is 38.5 Å². The van der Waals surface area contributed by atoms with Crippen molar-refractivity contribution >= 4 is 23.5 Å². The number of carbonyl (C=O) groups excluding carboxylic acids is 3. The van der Waals surface area contributed by atoms with E-state index < -0.39 is 5.97 Å². The number of aliphatic hydroxyl groups excluding tert-OH is 2. The second-order valence-electron chi connectivity index (χ2n) is 24.1. The van der Waals surface area contributed by atoms with Gasteiger partial charge in [0.2, 0.25) is 0 Å². The molecule has 8 fully saturated rings. The maximum Gasteiger partial charge on any atom is 0.305 e. The number of carbonyl (C=O) groups is 4. The van der Waals surface area contributed by atoms with Gasteiger partial charge < -0.3 is 20.1 Å². The Morgan fingerprint density at radius 3 is 1.39 bits per heavy atom. The number of hydrogen-bond acceptors (Lipinski definition) is 7. The number of rotatable bonds is 11. The Morgan fingerprint density at radius 1 is 0.597 bits per heavy atom. The van der Waals surface area contributed by atoms with E-state index in [-0.39, 0.29) is 58.1 Å². The normalized spacial score (nSPS) is 47.9. The van der Waals surface area contributed by atoms with Crippen molar-refractivity contribution in [2.45, 2.75) is 203 Å². The zero-order valence-electron chi connectivity index (χ0n) is 40.5. The van der Waals surface area contributed by atoms with E-state index in [1.165, 1.54) is 44.9 Å². The Kier molecular flexibility index (Phi) is 14.3. The molecule has 0 aromatic heterocycles. The molecule has 8 heteroatoms. The summed E-state index contributed by atoms with van der Waals surface area (Å²) in [7, 11) is 0. The molecule has 8 saturated carbocycles. The third kappa shape index (κ3) is 8.11. The molecule has 0 aromatic carbocycles. The largest absolute Gasteiger partial charge is 0.481 e. The van der Waals surface area contributed by atoms with E-state index in [0.29, 0.717) is 108 Å². The van der Waals surface area contributed by atoms with Crippen LogP contribution in [0.3, 0.4) is 0 Å². The number of hydrogen-bond donors (Lipinski definition) is 3. The third-order valence-electron chi connectivity index (χ3n) is 21.9. The molecule has 20 atom stereocenters. The third-order valence-corrected chi connectivity index (χ3v) is 21.9. The highest BCUT2D eigenvalue weighted by atomic mass is 16.5. The number of carboxylic acids is 1. The molecule has 0 bridgehead atoms. The summed E-state index contributed by atoms with van der Waals surface area (Å²) in [5, 5.41) is 32.6. The minimum Gasteiger partial charge on any atom is -0.481 e. The second kappa shape index (κ2) is 18.5. The first kappa shape index (κ1) is 48.1. The van der Waals surface area contributed by atoms with Crippen molar-refractivity contribution in [1.29, 1.82) is 0 Å². The molecule has 0 radical (unpaired) electrons. The zero-order valence-corrected chi connectivity index (χ0v) is 40.5. The minimum absolute atomic E-state index is 0.0675. The Bertz CT molecular complexity index is 1640. The molecular weight excluding hydrogens is 777 g/mol. The Morgan fingerprint density at radius 2 is 1.00 bits per heavy atom. The van der Waals surface area contributed by atoms with Crippen LogP contribution in [0.15, 0.2) is 0 Å². The fourth-order valence-corrected chi connectivity index (χ4v) is 18.8. The van der Waals surface area contributed by atoms with Crippen LogP contribution in [0.5, 0.6) is 0 Å². The van der Waals surface area contributed by atoms with Crippen LogP contribution in [-0.4, -0.2) is 57.6 Å². The van der Waals surface area contributed by atoms with E-state index in [1.54, 1.807) is 0 Å². The standard InChI is InChI=1S/C28H46O4.C26H42O4/c1-6-19-23-16-18(29)12-14-28(23,5)22-13-15-27(4)20(9-10-21(27)25(22)26(19)31)17(3)8-11-24(30)32-7-2;1-5-17-21-14-16(27)10-12-26(21,4)20-11-13-25(3)18(15(2)6-9-22(28)29)7-8-19(25)23(20)24(17)30/h17,19-23,25-26,31H,6-16H2,1-5H3;15,17-21,23-24,30H,5-14H2,1-4H3,(H,28,29)/t17-,19-,20?,21?,22?,23+,25?,26+,27-,28-;15-,17-,18?,19?,20?,21+,23?,24+,25-,26-/m11/s1. The summed E-state index contributed by atoms with van der Waals surface area (Å²) in [5.74, 6) is 6.25. The lowest BCUT2D eigenvalue weighted by Crippen LogP contribution is -2.61. The van der Waals surface area contributed by atoms with E-state index in [4.69, 9.17) is 9.84 Å².